The molecule has 0 spiro atoms. The average Bonchev–Trinajstić information content (AvgIpc) is 2.75. The van der Waals surface area contributed by atoms with Crippen LogP contribution >= 0.6 is 0 Å². The van der Waals surface area contributed by atoms with Gasteiger partial charge >= 0.3 is 0 Å². The molecule has 0 atom stereocenters. The molecule has 5 heteroatoms. The summed E-state index contributed by atoms with van der Waals surface area (Å²) in [5, 5.41) is 0. The number of ether oxygens (including phenoxy) is 3. The maximum absolute atomic E-state index is 5.30. The van der Waals surface area contributed by atoms with E-state index in [0.717, 1.165) is 17.0 Å². The Kier molecular flexibility index (Phi) is 3.38. The van der Waals surface area contributed by atoms with Crippen LogP contribution in [-0.4, -0.2) is 30.4 Å². The quantitative estimate of drug-likeness (QED) is 0.567. The summed E-state index contributed by atoms with van der Waals surface area (Å²) in [5.41, 5.74) is 1.82. The van der Waals surface area contributed by atoms with Gasteiger partial charge in [-0.3, -0.25) is 0 Å². The normalized spacial score (nSPS) is 10.9. The first-order valence-electron chi connectivity index (χ1n) is 4.91. The zero-order chi connectivity index (χ0) is 11.4. The van der Waals surface area contributed by atoms with Gasteiger partial charge in [0.05, 0.1) is 13.7 Å². The Morgan fingerprint density at radius 3 is 3.00 bits per heavy atom. The van der Waals surface area contributed by atoms with E-state index < -0.39 is 0 Å². The van der Waals surface area contributed by atoms with Gasteiger partial charge in [0, 0.05) is 37.3 Å². The summed E-state index contributed by atoms with van der Waals surface area (Å²) < 4.78 is 17.3. The minimum absolute atomic E-state index is 0.269. The number of rotatable bonds is 5. The van der Waals surface area contributed by atoms with Crippen LogP contribution in [0.25, 0.3) is 5.65 Å². The first-order valence-corrected chi connectivity index (χ1v) is 4.91. The van der Waals surface area contributed by atoms with E-state index in [0.29, 0.717) is 6.61 Å². The van der Waals surface area contributed by atoms with Crippen LogP contribution in [0.4, 0.5) is 0 Å². The summed E-state index contributed by atoms with van der Waals surface area (Å²) >= 11 is 0. The van der Waals surface area contributed by atoms with Crippen molar-refractivity contribution in [1.82, 2.24) is 9.38 Å². The van der Waals surface area contributed by atoms with E-state index in [4.69, 9.17) is 14.2 Å². The third-order valence-corrected chi connectivity index (χ3v) is 2.25. The lowest BCUT2D eigenvalue weighted by molar-refractivity contribution is -0.0396. The van der Waals surface area contributed by atoms with Crippen LogP contribution in [0.1, 0.15) is 5.56 Å². The molecule has 2 aromatic rings. The summed E-state index contributed by atoms with van der Waals surface area (Å²) in [6.45, 7) is 0.719. The highest BCUT2D eigenvalue weighted by Gasteiger charge is 2.06. The zero-order valence-corrected chi connectivity index (χ0v) is 9.34. The summed E-state index contributed by atoms with van der Waals surface area (Å²) in [5.74, 6) is 0.773. The van der Waals surface area contributed by atoms with Crippen molar-refractivity contribution in [2.24, 2.45) is 0 Å². The van der Waals surface area contributed by atoms with Crippen molar-refractivity contribution in [3.8, 4) is 5.75 Å². The first kappa shape index (κ1) is 10.9. The maximum atomic E-state index is 5.30. The van der Waals surface area contributed by atoms with Crippen molar-refractivity contribution in [3.63, 3.8) is 0 Å². The van der Waals surface area contributed by atoms with E-state index in [-0.39, 0.29) is 6.79 Å². The van der Waals surface area contributed by atoms with E-state index >= 15 is 0 Å². The molecule has 0 amide bonds. The van der Waals surface area contributed by atoms with Gasteiger partial charge in [0.1, 0.15) is 18.2 Å². The number of methoxy groups -OCH3 is 2. The van der Waals surface area contributed by atoms with E-state index in [2.05, 4.69) is 4.98 Å². The number of imidazole rings is 1. The van der Waals surface area contributed by atoms with Crippen molar-refractivity contribution in [3.05, 3.63) is 30.2 Å². The number of fused-ring (bicyclic) bond motifs is 1. The summed E-state index contributed by atoms with van der Waals surface area (Å²) in [6.07, 6.45) is 5.57. The highest BCUT2D eigenvalue weighted by molar-refractivity contribution is 5.48. The van der Waals surface area contributed by atoms with Crippen LogP contribution in [0, 0.1) is 0 Å². The molecule has 2 aromatic heterocycles. The second kappa shape index (κ2) is 4.96. The molecule has 0 bridgehead atoms. The molecule has 0 saturated carbocycles. The van der Waals surface area contributed by atoms with Crippen LogP contribution in [0.5, 0.6) is 5.75 Å². The minimum atomic E-state index is 0.269. The Hall–Kier alpha value is -1.59. The largest absolute Gasteiger partial charge is 0.496 e. The average molecular weight is 222 g/mol. The lowest BCUT2D eigenvalue weighted by Crippen LogP contribution is -2.01. The SMILES string of the molecule is COCOCc1cn2ccnc2cc1OC. The topological polar surface area (TPSA) is 45.0 Å². The number of hydrogen-bond donors (Lipinski definition) is 0. The summed E-state index contributed by atoms with van der Waals surface area (Å²) in [6, 6.07) is 1.88. The molecule has 5 nitrogen and oxygen atoms in total. The van der Waals surface area contributed by atoms with Crippen molar-refractivity contribution in [2.75, 3.05) is 21.0 Å². The molecule has 16 heavy (non-hydrogen) atoms. The van der Waals surface area contributed by atoms with Gasteiger partial charge in [0.2, 0.25) is 0 Å². The number of nitrogens with zero attached hydrogens (tertiary/aromatic N) is 2. The molecule has 0 N–H and O–H groups in total. The minimum Gasteiger partial charge on any atom is -0.496 e. The maximum Gasteiger partial charge on any atom is 0.146 e. The Labute approximate surface area is 93.6 Å². The Morgan fingerprint density at radius 2 is 2.25 bits per heavy atom. The van der Waals surface area contributed by atoms with Crippen molar-refractivity contribution >= 4 is 5.65 Å². The van der Waals surface area contributed by atoms with Crippen molar-refractivity contribution in [1.29, 1.82) is 0 Å². The highest BCUT2D eigenvalue weighted by atomic mass is 16.7. The molecule has 2 rings (SSSR count). The van der Waals surface area contributed by atoms with Crippen molar-refractivity contribution in [2.45, 2.75) is 6.61 Å². The van der Waals surface area contributed by atoms with Gasteiger partial charge in [-0.25, -0.2) is 4.98 Å². The Balaban J connectivity index is 2.26. The molecule has 0 radical (unpaired) electrons. The van der Waals surface area contributed by atoms with Crippen molar-refractivity contribution < 1.29 is 14.2 Å². The number of pyridine rings is 1. The fourth-order valence-corrected chi connectivity index (χ4v) is 1.52. The van der Waals surface area contributed by atoms with Crippen LogP contribution in [-0.2, 0) is 16.1 Å². The fraction of sp³-hybridized carbons (Fsp3) is 0.364. The lowest BCUT2D eigenvalue weighted by Gasteiger charge is -2.09. The number of aromatic nitrogens is 2. The number of hydrogen-bond acceptors (Lipinski definition) is 4. The molecule has 0 saturated heterocycles. The molecule has 86 valence electrons. The molecule has 0 aliphatic heterocycles. The molecular formula is C11H14N2O3. The second-order valence-corrected chi connectivity index (χ2v) is 3.31. The zero-order valence-electron chi connectivity index (χ0n) is 9.34. The van der Waals surface area contributed by atoms with Gasteiger partial charge in [-0.15, -0.1) is 0 Å². The van der Waals surface area contributed by atoms with Gasteiger partial charge in [0.25, 0.3) is 0 Å². The van der Waals surface area contributed by atoms with Crippen LogP contribution in [0.15, 0.2) is 24.7 Å². The summed E-state index contributed by atoms with van der Waals surface area (Å²) in [4.78, 5) is 4.18. The third-order valence-electron chi connectivity index (χ3n) is 2.25. The third kappa shape index (κ3) is 2.15. The molecule has 2 heterocycles. The first-order chi connectivity index (χ1) is 7.85. The van der Waals surface area contributed by atoms with Gasteiger partial charge < -0.3 is 18.6 Å². The summed E-state index contributed by atoms with van der Waals surface area (Å²) in [7, 11) is 3.23. The standard InChI is InChI=1S/C11H14N2O3/c1-14-8-16-7-9-6-13-4-3-12-11(13)5-10(9)15-2/h3-6H,7-8H2,1-2H3. The molecule has 0 fully saturated rings. The van der Waals surface area contributed by atoms with E-state index in [9.17, 15) is 0 Å². The Morgan fingerprint density at radius 1 is 1.38 bits per heavy atom. The van der Waals surface area contributed by atoms with E-state index in [1.807, 2.05) is 22.9 Å². The lowest BCUT2D eigenvalue weighted by atomic mass is 10.2. The van der Waals surface area contributed by atoms with Crippen LogP contribution < -0.4 is 4.74 Å². The molecule has 0 unspecified atom stereocenters. The second-order valence-electron chi connectivity index (χ2n) is 3.31. The van der Waals surface area contributed by atoms with Crippen LogP contribution in [0.2, 0.25) is 0 Å². The van der Waals surface area contributed by atoms with Gasteiger partial charge in [-0.05, 0) is 0 Å². The Bertz CT molecular complexity index is 467. The fourth-order valence-electron chi connectivity index (χ4n) is 1.52. The highest BCUT2D eigenvalue weighted by Crippen LogP contribution is 2.20. The van der Waals surface area contributed by atoms with Gasteiger partial charge in [0.15, 0.2) is 0 Å². The van der Waals surface area contributed by atoms with E-state index in [1.54, 1.807) is 20.4 Å². The van der Waals surface area contributed by atoms with Gasteiger partial charge in [-0.2, -0.15) is 0 Å². The molecule has 0 aliphatic rings. The smallest absolute Gasteiger partial charge is 0.146 e. The van der Waals surface area contributed by atoms with Gasteiger partial charge in [-0.1, -0.05) is 0 Å². The molecule has 0 aliphatic carbocycles. The van der Waals surface area contributed by atoms with Crippen LogP contribution in [0.3, 0.4) is 0 Å². The monoisotopic (exact) mass is 222 g/mol. The predicted octanol–water partition coefficient (Wildman–Crippen LogP) is 1.46. The van der Waals surface area contributed by atoms with E-state index in [1.165, 1.54) is 0 Å². The predicted molar refractivity (Wildman–Crippen MR) is 58.4 cm³/mol. The molecular weight excluding hydrogens is 208 g/mol. The molecule has 0 aromatic carbocycles.